The summed E-state index contributed by atoms with van der Waals surface area (Å²) in [5, 5.41) is 3.36. The SMILES string of the molecule is CNC1CCN(Cc2ccc(Br)cc2)CC1.Cl. The van der Waals surface area contributed by atoms with Crippen molar-refractivity contribution in [3.05, 3.63) is 34.3 Å². The Morgan fingerprint density at radius 1 is 1.24 bits per heavy atom. The van der Waals surface area contributed by atoms with Crippen LogP contribution in [0.5, 0.6) is 0 Å². The van der Waals surface area contributed by atoms with Crippen LogP contribution in [0, 0.1) is 0 Å². The van der Waals surface area contributed by atoms with Crippen molar-refractivity contribution in [1.82, 2.24) is 10.2 Å². The van der Waals surface area contributed by atoms with Crippen molar-refractivity contribution in [2.75, 3.05) is 20.1 Å². The molecule has 1 N–H and O–H groups in total. The molecule has 1 fully saturated rings. The molecule has 4 heteroatoms. The van der Waals surface area contributed by atoms with Gasteiger partial charge in [0.2, 0.25) is 0 Å². The Balaban J connectivity index is 0.00000144. The smallest absolute Gasteiger partial charge is 0.0233 e. The topological polar surface area (TPSA) is 15.3 Å². The van der Waals surface area contributed by atoms with Crippen LogP contribution < -0.4 is 5.32 Å². The summed E-state index contributed by atoms with van der Waals surface area (Å²) >= 11 is 3.47. The van der Waals surface area contributed by atoms with Gasteiger partial charge in [0.15, 0.2) is 0 Å². The van der Waals surface area contributed by atoms with Crippen LogP contribution in [-0.4, -0.2) is 31.1 Å². The predicted octanol–water partition coefficient (Wildman–Crippen LogP) is 3.05. The zero-order valence-electron chi connectivity index (χ0n) is 10.2. The first-order valence-corrected chi connectivity index (χ1v) is 6.71. The molecule has 1 heterocycles. The van der Waals surface area contributed by atoms with Crippen molar-refractivity contribution in [3.8, 4) is 0 Å². The van der Waals surface area contributed by atoms with Crippen LogP contribution in [0.3, 0.4) is 0 Å². The van der Waals surface area contributed by atoms with Crippen molar-refractivity contribution in [2.24, 2.45) is 0 Å². The van der Waals surface area contributed by atoms with Crippen molar-refractivity contribution >= 4 is 28.3 Å². The molecule has 0 amide bonds. The molecule has 1 saturated heterocycles. The Morgan fingerprint density at radius 3 is 2.35 bits per heavy atom. The molecule has 0 bridgehead atoms. The number of halogens is 2. The molecule has 17 heavy (non-hydrogen) atoms. The third kappa shape index (κ3) is 4.59. The third-order valence-corrected chi connectivity index (χ3v) is 3.84. The molecule has 0 unspecified atom stereocenters. The van der Waals surface area contributed by atoms with Crippen molar-refractivity contribution in [1.29, 1.82) is 0 Å². The third-order valence-electron chi connectivity index (χ3n) is 3.32. The summed E-state index contributed by atoms with van der Waals surface area (Å²) in [6.45, 7) is 3.51. The maximum atomic E-state index is 3.47. The second kappa shape index (κ2) is 7.37. The molecule has 0 aromatic heterocycles. The van der Waals surface area contributed by atoms with Crippen molar-refractivity contribution < 1.29 is 0 Å². The van der Waals surface area contributed by atoms with E-state index in [9.17, 15) is 0 Å². The van der Waals surface area contributed by atoms with Crippen LogP contribution in [-0.2, 0) is 6.54 Å². The Hall–Kier alpha value is -0.0900. The molecule has 96 valence electrons. The minimum atomic E-state index is 0. The molecule has 1 aliphatic heterocycles. The van der Waals surface area contributed by atoms with E-state index < -0.39 is 0 Å². The van der Waals surface area contributed by atoms with E-state index in [-0.39, 0.29) is 12.4 Å². The Labute approximate surface area is 118 Å². The standard InChI is InChI=1S/C13H19BrN2.ClH/c1-15-13-6-8-16(9-7-13)10-11-2-4-12(14)5-3-11;/h2-5,13,15H,6-10H2,1H3;1H. The first-order valence-electron chi connectivity index (χ1n) is 5.92. The van der Waals surface area contributed by atoms with Gasteiger partial charge in [0.25, 0.3) is 0 Å². The number of piperidine rings is 1. The number of likely N-dealkylation sites (tertiary alicyclic amines) is 1. The second-order valence-corrected chi connectivity index (χ2v) is 5.38. The van der Waals surface area contributed by atoms with E-state index in [1.54, 1.807) is 0 Å². The highest BCUT2D eigenvalue weighted by Gasteiger charge is 2.17. The van der Waals surface area contributed by atoms with Gasteiger partial charge in [-0.2, -0.15) is 0 Å². The summed E-state index contributed by atoms with van der Waals surface area (Å²) < 4.78 is 1.16. The van der Waals surface area contributed by atoms with E-state index in [1.807, 2.05) is 0 Å². The van der Waals surface area contributed by atoms with E-state index in [4.69, 9.17) is 0 Å². The lowest BCUT2D eigenvalue weighted by molar-refractivity contribution is 0.194. The van der Waals surface area contributed by atoms with E-state index in [0.717, 1.165) is 17.1 Å². The lowest BCUT2D eigenvalue weighted by atomic mass is 10.0. The maximum Gasteiger partial charge on any atom is 0.0233 e. The minimum Gasteiger partial charge on any atom is -0.317 e. The van der Waals surface area contributed by atoms with Gasteiger partial charge in [-0.15, -0.1) is 12.4 Å². The molecule has 1 aromatic rings. The summed E-state index contributed by atoms with van der Waals surface area (Å²) in [5.41, 5.74) is 1.41. The van der Waals surface area contributed by atoms with Crippen LogP contribution in [0.1, 0.15) is 18.4 Å². The molecule has 0 aliphatic carbocycles. The monoisotopic (exact) mass is 318 g/mol. The Kier molecular flexibility index (Phi) is 6.49. The highest BCUT2D eigenvalue weighted by Crippen LogP contribution is 2.15. The fourth-order valence-corrected chi connectivity index (χ4v) is 2.49. The Morgan fingerprint density at radius 2 is 1.82 bits per heavy atom. The molecule has 0 atom stereocenters. The normalized spacial score (nSPS) is 17.8. The first-order chi connectivity index (χ1) is 7.78. The van der Waals surface area contributed by atoms with E-state index >= 15 is 0 Å². The number of rotatable bonds is 3. The van der Waals surface area contributed by atoms with E-state index in [1.165, 1.54) is 31.5 Å². The van der Waals surface area contributed by atoms with Gasteiger partial charge in [-0.3, -0.25) is 4.90 Å². The summed E-state index contributed by atoms with van der Waals surface area (Å²) in [4.78, 5) is 2.54. The van der Waals surface area contributed by atoms with Gasteiger partial charge < -0.3 is 5.32 Å². The van der Waals surface area contributed by atoms with Crippen molar-refractivity contribution in [3.63, 3.8) is 0 Å². The average molecular weight is 320 g/mol. The van der Waals surface area contributed by atoms with Gasteiger partial charge >= 0.3 is 0 Å². The number of nitrogens with one attached hydrogen (secondary N) is 1. The van der Waals surface area contributed by atoms with Gasteiger partial charge in [-0.1, -0.05) is 28.1 Å². The number of benzene rings is 1. The fraction of sp³-hybridized carbons (Fsp3) is 0.538. The van der Waals surface area contributed by atoms with Gasteiger partial charge in [0, 0.05) is 17.1 Å². The minimum absolute atomic E-state index is 0. The summed E-state index contributed by atoms with van der Waals surface area (Å²) in [6, 6.07) is 9.37. The summed E-state index contributed by atoms with van der Waals surface area (Å²) in [7, 11) is 2.06. The van der Waals surface area contributed by atoms with Crippen LogP contribution >= 0.6 is 28.3 Å². The summed E-state index contributed by atoms with van der Waals surface area (Å²) in [6.07, 6.45) is 2.54. The zero-order chi connectivity index (χ0) is 11.4. The maximum absolute atomic E-state index is 3.47. The van der Waals surface area contributed by atoms with Gasteiger partial charge in [-0.05, 0) is 50.7 Å². The quantitative estimate of drug-likeness (QED) is 0.921. The van der Waals surface area contributed by atoms with E-state index in [0.29, 0.717) is 0 Å². The first kappa shape index (κ1) is 15.0. The molecule has 2 nitrogen and oxygen atoms in total. The molecular formula is C13H20BrClN2. The van der Waals surface area contributed by atoms with E-state index in [2.05, 4.69) is 57.5 Å². The van der Waals surface area contributed by atoms with Crippen molar-refractivity contribution in [2.45, 2.75) is 25.4 Å². The highest BCUT2D eigenvalue weighted by atomic mass is 79.9. The molecule has 1 aromatic carbocycles. The largest absolute Gasteiger partial charge is 0.317 e. The average Bonchev–Trinajstić information content (AvgIpc) is 2.33. The van der Waals surface area contributed by atoms with Gasteiger partial charge in [0.1, 0.15) is 0 Å². The van der Waals surface area contributed by atoms with Crippen LogP contribution in [0.25, 0.3) is 0 Å². The highest BCUT2D eigenvalue weighted by molar-refractivity contribution is 9.10. The molecule has 1 aliphatic rings. The number of hydrogen-bond acceptors (Lipinski definition) is 2. The molecular weight excluding hydrogens is 300 g/mol. The van der Waals surface area contributed by atoms with Crippen LogP contribution in [0.4, 0.5) is 0 Å². The molecule has 0 saturated carbocycles. The fourth-order valence-electron chi connectivity index (χ4n) is 2.23. The van der Waals surface area contributed by atoms with Crippen LogP contribution in [0.15, 0.2) is 28.7 Å². The number of nitrogens with zero attached hydrogens (tertiary/aromatic N) is 1. The molecule has 2 rings (SSSR count). The van der Waals surface area contributed by atoms with Crippen LogP contribution in [0.2, 0.25) is 0 Å². The zero-order valence-corrected chi connectivity index (χ0v) is 12.6. The lowest BCUT2D eigenvalue weighted by Crippen LogP contribution is -2.40. The molecule has 0 radical (unpaired) electrons. The molecule has 0 spiro atoms. The number of hydrogen-bond donors (Lipinski definition) is 1. The van der Waals surface area contributed by atoms with Gasteiger partial charge in [0.05, 0.1) is 0 Å². The lowest BCUT2D eigenvalue weighted by Gasteiger charge is -2.31. The van der Waals surface area contributed by atoms with Gasteiger partial charge in [-0.25, -0.2) is 0 Å². The summed E-state index contributed by atoms with van der Waals surface area (Å²) in [5.74, 6) is 0. The second-order valence-electron chi connectivity index (χ2n) is 4.47. The predicted molar refractivity (Wildman–Crippen MR) is 78.7 cm³/mol. The Bertz CT molecular complexity index is 321.